The molecular formula is C40H39IO6. The maximum atomic E-state index is 11.6. The molecule has 5 aromatic rings. The fraction of sp³-hybridized carbons (Fsp3) is 0.250. The highest BCUT2D eigenvalue weighted by atomic mass is 127. The zero-order valence-corrected chi connectivity index (χ0v) is 28.4. The molecule has 1 aliphatic heterocycles. The molecule has 47 heavy (non-hydrogen) atoms. The quantitative estimate of drug-likeness (QED) is 0.115. The molecule has 1 N–H and O–H groups in total. The monoisotopic (exact) mass is 742 g/mol. The SMILES string of the molecule is C[C@@H](OCc1ccccc1)[C@H]1O[C@H](c2ccc(OCc3ccccc3)c(I)c2O)[C@H](OCc2ccccc2)[C@H]1OCc1ccccc1. The smallest absolute Gasteiger partial charge is 0.138 e. The van der Waals surface area contributed by atoms with Gasteiger partial charge in [-0.3, -0.25) is 0 Å². The molecule has 0 aliphatic carbocycles. The molecule has 1 aliphatic rings. The average Bonchev–Trinajstić information content (AvgIpc) is 3.49. The maximum Gasteiger partial charge on any atom is 0.138 e. The molecule has 6 nitrogen and oxygen atoms in total. The molecule has 6 rings (SSSR count). The van der Waals surface area contributed by atoms with Crippen LogP contribution in [0.15, 0.2) is 133 Å². The standard InChI is InChI=1S/C40H39IO6/c1-28(43-24-29-14-6-2-7-15-29)37-39(45-26-31-18-10-4-11-19-31)40(46-27-32-20-12-5-13-21-32)38(47-37)33-22-23-34(35(41)36(33)42)44-25-30-16-8-3-9-17-30/h2-23,28,37-40,42H,24-27H2,1H3/t28-,37-,38-,39+,40+/m1/s1. The van der Waals surface area contributed by atoms with Crippen LogP contribution in [0.2, 0.25) is 0 Å². The van der Waals surface area contributed by atoms with E-state index in [1.807, 2.05) is 140 Å². The third-order valence-electron chi connectivity index (χ3n) is 8.29. The Morgan fingerprint density at radius 3 is 1.62 bits per heavy atom. The maximum absolute atomic E-state index is 11.6. The Hall–Kier alpha value is -3.73. The van der Waals surface area contributed by atoms with Gasteiger partial charge >= 0.3 is 0 Å². The van der Waals surface area contributed by atoms with Crippen molar-refractivity contribution >= 4 is 22.6 Å². The van der Waals surface area contributed by atoms with Crippen molar-refractivity contribution in [3.05, 3.63) is 165 Å². The minimum absolute atomic E-state index is 0.106. The van der Waals surface area contributed by atoms with Crippen molar-refractivity contribution in [2.45, 2.75) is 63.9 Å². The molecule has 0 saturated carbocycles. The Labute approximate surface area is 290 Å². The minimum Gasteiger partial charge on any atom is -0.506 e. The molecule has 0 amide bonds. The third kappa shape index (κ3) is 8.60. The van der Waals surface area contributed by atoms with Gasteiger partial charge in [0.1, 0.15) is 42.5 Å². The molecule has 0 bridgehead atoms. The number of ether oxygens (including phenoxy) is 5. The van der Waals surface area contributed by atoms with Crippen LogP contribution < -0.4 is 4.74 Å². The zero-order valence-electron chi connectivity index (χ0n) is 26.3. The normalized spacial score (nSPS) is 19.8. The summed E-state index contributed by atoms with van der Waals surface area (Å²) >= 11 is 2.14. The van der Waals surface area contributed by atoms with Crippen LogP contribution in [-0.2, 0) is 45.4 Å². The van der Waals surface area contributed by atoms with Crippen molar-refractivity contribution in [3.63, 3.8) is 0 Å². The lowest BCUT2D eigenvalue weighted by Crippen LogP contribution is -2.41. The summed E-state index contributed by atoms with van der Waals surface area (Å²) in [5.41, 5.74) is 4.82. The Morgan fingerprint density at radius 1 is 0.617 bits per heavy atom. The second-order valence-corrected chi connectivity index (χ2v) is 12.7. The molecule has 1 saturated heterocycles. The van der Waals surface area contributed by atoms with Crippen molar-refractivity contribution in [2.75, 3.05) is 0 Å². The number of phenols is 1. The zero-order chi connectivity index (χ0) is 32.4. The fourth-order valence-corrected chi connectivity index (χ4v) is 6.40. The van der Waals surface area contributed by atoms with Gasteiger partial charge in [-0.05, 0) is 63.9 Å². The predicted octanol–water partition coefficient (Wildman–Crippen LogP) is 8.79. The first kappa shape index (κ1) is 33.2. The summed E-state index contributed by atoms with van der Waals surface area (Å²) in [4.78, 5) is 0. The number of aromatic hydroxyl groups is 1. The summed E-state index contributed by atoms with van der Waals surface area (Å²) in [6.07, 6.45) is -2.45. The highest BCUT2D eigenvalue weighted by Crippen LogP contribution is 2.45. The highest BCUT2D eigenvalue weighted by Gasteiger charge is 2.50. The number of rotatable bonds is 14. The third-order valence-corrected chi connectivity index (χ3v) is 9.34. The van der Waals surface area contributed by atoms with Crippen LogP contribution in [0.4, 0.5) is 0 Å². The molecule has 1 heterocycles. The number of halogens is 1. The summed E-state index contributed by atoms with van der Waals surface area (Å²) < 4.78 is 33.3. The summed E-state index contributed by atoms with van der Waals surface area (Å²) in [7, 11) is 0. The first-order valence-electron chi connectivity index (χ1n) is 15.9. The lowest BCUT2D eigenvalue weighted by atomic mass is 9.98. The Balaban J connectivity index is 1.29. The van der Waals surface area contributed by atoms with Crippen LogP contribution in [-0.4, -0.2) is 29.5 Å². The van der Waals surface area contributed by atoms with Crippen molar-refractivity contribution < 1.29 is 28.8 Å². The molecule has 5 atom stereocenters. The van der Waals surface area contributed by atoms with Gasteiger partial charge in [-0.25, -0.2) is 0 Å². The van der Waals surface area contributed by atoms with E-state index in [0.717, 1.165) is 22.3 Å². The van der Waals surface area contributed by atoms with E-state index in [0.29, 0.717) is 41.3 Å². The second-order valence-electron chi connectivity index (χ2n) is 11.6. The second kappa shape index (κ2) is 16.4. The van der Waals surface area contributed by atoms with Crippen LogP contribution >= 0.6 is 22.6 Å². The van der Waals surface area contributed by atoms with Gasteiger partial charge in [-0.15, -0.1) is 0 Å². The van der Waals surface area contributed by atoms with E-state index in [1.165, 1.54) is 0 Å². The number of hydrogen-bond donors (Lipinski definition) is 1. The van der Waals surface area contributed by atoms with E-state index in [4.69, 9.17) is 23.7 Å². The van der Waals surface area contributed by atoms with Crippen LogP contribution in [0.3, 0.4) is 0 Å². The van der Waals surface area contributed by atoms with E-state index in [-0.39, 0.29) is 11.9 Å². The lowest BCUT2D eigenvalue weighted by molar-refractivity contribution is -0.115. The number of benzene rings is 5. The fourth-order valence-electron chi connectivity index (χ4n) is 5.75. The molecule has 0 spiro atoms. The predicted molar refractivity (Wildman–Crippen MR) is 190 cm³/mol. The van der Waals surface area contributed by atoms with Crippen LogP contribution in [0.1, 0.15) is 40.8 Å². The van der Waals surface area contributed by atoms with Gasteiger partial charge in [-0.1, -0.05) is 121 Å². The number of phenolic OH excluding ortho intramolecular Hbond substituents is 1. The highest BCUT2D eigenvalue weighted by molar-refractivity contribution is 14.1. The van der Waals surface area contributed by atoms with Crippen LogP contribution in [0, 0.1) is 3.57 Å². The average molecular weight is 743 g/mol. The van der Waals surface area contributed by atoms with Gasteiger partial charge in [0, 0.05) is 5.56 Å². The van der Waals surface area contributed by atoms with E-state index in [2.05, 4.69) is 22.6 Å². The first-order valence-corrected chi connectivity index (χ1v) is 16.9. The van der Waals surface area contributed by atoms with Gasteiger partial charge < -0.3 is 28.8 Å². The van der Waals surface area contributed by atoms with Crippen LogP contribution in [0.5, 0.6) is 11.5 Å². The molecule has 0 radical (unpaired) electrons. The van der Waals surface area contributed by atoms with E-state index >= 15 is 0 Å². The van der Waals surface area contributed by atoms with Crippen molar-refractivity contribution in [1.29, 1.82) is 0 Å². The topological polar surface area (TPSA) is 66.4 Å². The van der Waals surface area contributed by atoms with Gasteiger partial charge in [0.25, 0.3) is 0 Å². The van der Waals surface area contributed by atoms with Gasteiger partial charge in [0.2, 0.25) is 0 Å². The molecular weight excluding hydrogens is 703 g/mol. The van der Waals surface area contributed by atoms with E-state index in [1.54, 1.807) is 0 Å². The summed E-state index contributed by atoms with van der Waals surface area (Å²) in [5.74, 6) is 0.707. The molecule has 5 aromatic carbocycles. The summed E-state index contributed by atoms with van der Waals surface area (Å²) in [6.45, 7) is 3.58. The van der Waals surface area contributed by atoms with Crippen molar-refractivity contribution in [2.24, 2.45) is 0 Å². The molecule has 1 fully saturated rings. The summed E-state index contributed by atoms with van der Waals surface area (Å²) in [5, 5.41) is 11.6. The Bertz CT molecular complexity index is 1670. The number of hydrogen-bond acceptors (Lipinski definition) is 6. The largest absolute Gasteiger partial charge is 0.506 e. The van der Waals surface area contributed by atoms with E-state index in [9.17, 15) is 5.11 Å². The molecule has 242 valence electrons. The van der Waals surface area contributed by atoms with Gasteiger partial charge in [-0.2, -0.15) is 0 Å². The lowest BCUT2D eigenvalue weighted by Gasteiger charge is -2.28. The molecule has 0 aromatic heterocycles. The first-order chi connectivity index (χ1) is 23.1. The molecule has 7 heteroatoms. The van der Waals surface area contributed by atoms with Gasteiger partial charge in [0.15, 0.2) is 0 Å². The van der Waals surface area contributed by atoms with Gasteiger partial charge in [0.05, 0.1) is 29.5 Å². The van der Waals surface area contributed by atoms with E-state index < -0.39 is 24.4 Å². The van der Waals surface area contributed by atoms with Crippen molar-refractivity contribution in [1.82, 2.24) is 0 Å². The molecule has 0 unspecified atom stereocenters. The van der Waals surface area contributed by atoms with Crippen LogP contribution in [0.25, 0.3) is 0 Å². The van der Waals surface area contributed by atoms with Crippen molar-refractivity contribution in [3.8, 4) is 11.5 Å². The summed E-state index contributed by atoms with van der Waals surface area (Å²) in [6, 6.07) is 43.9. The Morgan fingerprint density at radius 2 is 1.09 bits per heavy atom. The minimum atomic E-state index is -0.621. The Kier molecular flexibility index (Phi) is 11.6.